The number of hydrogen-bond donors (Lipinski definition) is 0. The SMILES string of the molecule is CCC(CC)CN(CC)C(=O)Cn1cc(S(=O)(=O)N(CC)CC)ccc1=O. The van der Waals surface area contributed by atoms with Crippen molar-refractivity contribution in [1.82, 2.24) is 13.8 Å². The van der Waals surface area contributed by atoms with Gasteiger partial charge in [-0.3, -0.25) is 9.59 Å². The number of likely N-dealkylation sites (N-methyl/N-ethyl adjacent to an activating group) is 1. The maximum Gasteiger partial charge on any atom is 0.251 e. The highest BCUT2D eigenvalue weighted by Crippen LogP contribution is 2.14. The van der Waals surface area contributed by atoms with Crippen molar-refractivity contribution in [2.75, 3.05) is 26.2 Å². The normalized spacial score (nSPS) is 12.0. The van der Waals surface area contributed by atoms with Gasteiger partial charge in [0.05, 0.1) is 4.90 Å². The van der Waals surface area contributed by atoms with Crippen LogP contribution in [0.3, 0.4) is 0 Å². The summed E-state index contributed by atoms with van der Waals surface area (Å²) in [5.41, 5.74) is -0.388. The number of amides is 1. The van der Waals surface area contributed by atoms with Gasteiger partial charge in [-0.05, 0) is 18.9 Å². The van der Waals surface area contributed by atoms with E-state index in [1.54, 1.807) is 18.7 Å². The molecule has 7 nitrogen and oxygen atoms in total. The van der Waals surface area contributed by atoms with Crippen LogP contribution in [0.1, 0.15) is 47.5 Å². The molecule has 1 aromatic heterocycles. The van der Waals surface area contributed by atoms with Crippen molar-refractivity contribution in [2.24, 2.45) is 5.92 Å². The molecule has 0 aliphatic rings. The van der Waals surface area contributed by atoms with E-state index < -0.39 is 10.0 Å². The van der Waals surface area contributed by atoms with E-state index in [0.29, 0.717) is 32.1 Å². The van der Waals surface area contributed by atoms with Gasteiger partial charge in [0.2, 0.25) is 15.9 Å². The van der Waals surface area contributed by atoms with Crippen LogP contribution in [0.15, 0.2) is 28.0 Å². The second kappa shape index (κ2) is 10.6. The standard InChI is InChI=1S/C19H33N3O4S/c1-6-16(7-2)13-20(8-3)19(24)15-21-14-17(11-12-18(21)23)27(25,26)22(9-4)10-5/h11-12,14,16H,6-10,13,15H2,1-5H3. The molecule has 8 heteroatoms. The van der Waals surface area contributed by atoms with Gasteiger partial charge >= 0.3 is 0 Å². The first-order valence-corrected chi connectivity index (χ1v) is 11.2. The first kappa shape index (κ1) is 23.4. The molecular weight excluding hydrogens is 366 g/mol. The number of carbonyl (C=O) groups excluding carboxylic acids is 1. The van der Waals surface area contributed by atoms with E-state index in [1.807, 2.05) is 6.92 Å². The van der Waals surface area contributed by atoms with Gasteiger partial charge in [-0.1, -0.05) is 40.5 Å². The molecule has 0 fully saturated rings. The Balaban J connectivity index is 3.10. The van der Waals surface area contributed by atoms with E-state index in [9.17, 15) is 18.0 Å². The number of rotatable bonds is 11. The molecule has 0 aliphatic heterocycles. The van der Waals surface area contributed by atoms with E-state index in [4.69, 9.17) is 0 Å². The Morgan fingerprint density at radius 1 is 1.04 bits per heavy atom. The highest BCUT2D eigenvalue weighted by atomic mass is 32.2. The van der Waals surface area contributed by atoms with Crippen molar-refractivity contribution >= 4 is 15.9 Å². The zero-order chi connectivity index (χ0) is 20.6. The second-order valence-electron chi connectivity index (χ2n) is 6.54. The minimum Gasteiger partial charge on any atom is -0.341 e. The third-order valence-electron chi connectivity index (χ3n) is 4.97. The Hall–Kier alpha value is -1.67. The van der Waals surface area contributed by atoms with E-state index in [2.05, 4.69) is 13.8 Å². The Kier molecular flexibility index (Phi) is 9.18. The zero-order valence-corrected chi connectivity index (χ0v) is 18.0. The molecule has 1 rings (SSSR count). The molecule has 0 saturated carbocycles. The topological polar surface area (TPSA) is 79.7 Å². The fourth-order valence-corrected chi connectivity index (χ4v) is 4.49. The predicted octanol–water partition coefficient (Wildman–Crippen LogP) is 2.16. The minimum atomic E-state index is -3.68. The largest absolute Gasteiger partial charge is 0.341 e. The number of carbonyl (C=O) groups is 1. The Bertz CT molecular complexity index is 765. The number of pyridine rings is 1. The number of hydrogen-bond acceptors (Lipinski definition) is 4. The molecular formula is C19H33N3O4S. The Morgan fingerprint density at radius 2 is 1.63 bits per heavy atom. The first-order chi connectivity index (χ1) is 12.7. The van der Waals surface area contributed by atoms with E-state index in [-0.39, 0.29) is 22.9 Å². The summed E-state index contributed by atoms with van der Waals surface area (Å²) >= 11 is 0. The van der Waals surface area contributed by atoms with Crippen molar-refractivity contribution in [1.29, 1.82) is 0 Å². The monoisotopic (exact) mass is 399 g/mol. The maximum absolute atomic E-state index is 12.7. The highest BCUT2D eigenvalue weighted by molar-refractivity contribution is 7.89. The lowest BCUT2D eigenvalue weighted by molar-refractivity contribution is -0.132. The predicted molar refractivity (Wildman–Crippen MR) is 107 cm³/mol. The molecule has 0 N–H and O–H groups in total. The highest BCUT2D eigenvalue weighted by Gasteiger charge is 2.23. The average molecular weight is 400 g/mol. The van der Waals surface area contributed by atoms with Crippen molar-refractivity contribution in [2.45, 2.75) is 58.9 Å². The lowest BCUT2D eigenvalue weighted by atomic mass is 10.0. The molecule has 0 unspecified atom stereocenters. The summed E-state index contributed by atoms with van der Waals surface area (Å²) < 4.78 is 27.9. The summed E-state index contributed by atoms with van der Waals surface area (Å²) in [5, 5.41) is 0. The molecule has 0 bridgehead atoms. The second-order valence-corrected chi connectivity index (χ2v) is 8.47. The van der Waals surface area contributed by atoms with Crippen molar-refractivity contribution in [3.63, 3.8) is 0 Å². The van der Waals surface area contributed by atoms with Gasteiger partial charge in [0.25, 0.3) is 5.56 Å². The van der Waals surface area contributed by atoms with Crippen LogP contribution in [-0.2, 0) is 21.4 Å². The van der Waals surface area contributed by atoms with Crippen LogP contribution < -0.4 is 5.56 Å². The quantitative estimate of drug-likeness (QED) is 0.571. The van der Waals surface area contributed by atoms with Gasteiger partial charge < -0.3 is 9.47 Å². The summed E-state index contributed by atoms with van der Waals surface area (Å²) in [4.78, 5) is 26.6. The molecule has 1 amide bonds. The lowest BCUT2D eigenvalue weighted by Gasteiger charge is -2.26. The van der Waals surface area contributed by atoms with Crippen LogP contribution in [0.25, 0.3) is 0 Å². The van der Waals surface area contributed by atoms with Gasteiger partial charge in [-0.25, -0.2) is 8.42 Å². The summed E-state index contributed by atoms with van der Waals surface area (Å²) in [6.45, 7) is 11.4. The van der Waals surface area contributed by atoms with Crippen LogP contribution in [0.4, 0.5) is 0 Å². The molecule has 0 saturated heterocycles. The minimum absolute atomic E-state index is 0.0293. The molecule has 0 aromatic carbocycles. The van der Waals surface area contributed by atoms with Crippen LogP contribution in [0.5, 0.6) is 0 Å². The zero-order valence-electron chi connectivity index (χ0n) is 17.1. The number of aromatic nitrogens is 1. The molecule has 154 valence electrons. The molecule has 27 heavy (non-hydrogen) atoms. The lowest BCUT2D eigenvalue weighted by Crippen LogP contribution is -2.39. The Morgan fingerprint density at radius 3 is 2.11 bits per heavy atom. The summed E-state index contributed by atoms with van der Waals surface area (Å²) in [6, 6.07) is 2.51. The summed E-state index contributed by atoms with van der Waals surface area (Å²) in [7, 11) is -3.68. The smallest absolute Gasteiger partial charge is 0.251 e. The molecule has 0 aliphatic carbocycles. The first-order valence-electron chi connectivity index (χ1n) is 9.73. The molecule has 1 heterocycles. The molecule has 1 aromatic rings. The van der Waals surface area contributed by atoms with E-state index in [0.717, 1.165) is 12.8 Å². The maximum atomic E-state index is 12.7. The van der Waals surface area contributed by atoms with Crippen LogP contribution in [0, 0.1) is 5.92 Å². The number of sulfonamides is 1. The van der Waals surface area contributed by atoms with E-state index >= 15 is 0 Å². The van der Waals surface area contributed by atoms with Gasteiger partial charge in [0.1, 0.15) is 6.54 Å². The van der Waals surface area contributed by atoms with E-state index in [1.165, 1.54) is 27.2 Å². The van der Waals surface area contributed by atoms with Crippen LogP contribution in [-0.4, -0.2) is 54.3 Å². The van der Waals surface area contributed by atoms with Crippen molar-refractivity contribution in [3.05, 3.63) is 28.7 Å². The summed E-state index contributed by atoms with van der Waals surface area (Å²) in [5.74, 6) is 0.240. The Labute approximate surface area is 163 Å². The molecule has 0 atom stereocenters. The fourth-order valence-electron chi connectivity index (χ4n) is 3.01. The van der Waals surface area contributed by atoms with Gasteiger partial charge in [-0.15, -0.1) is 0 Å². The molecule has 0 spiro atoms. The van der Waals surface area contributed by atoms with Gasteiger partial charge in [-0.2, -0.15) is 4.31 Å². The summed E-state index contributed by atoms with van der Waals surface area (Å²) in [6.07, 6.45) is 3.24. The third kappa shape index (κ3) is 5.90. The number of nitrogens with zero attached hydrogens (tertiary/aromatic N) is 3. The fraction of sp³-hybridized carbons (Fsp3) is 0.684. The van der Waals surface area contributed by atoms with Crippen LogP contribution in [0.2, 0.25) is 0 Å². The van der Waals surface area contributed by atoms with Gasteiger partial charge in [0, 0.05) is 38.4 Å². The van der Waals surface area contributed by atoms with Crippen molar-refractivity contribution in [3.8, 4) is 0 Å². The van der Waals surface area contributed by atoms with Gasteiger partial charge in [0.15, 0.2) is 0 Å². The van der Waals surface area contributed by atoms with Crippen molar-refractivity contribution < 1.29 is 13.2 Å². The van der Waals surface area contributed by atoms with Crippen LogP contribution >= 0.6 is 0 Å². The third-order valence-corrected chi connectivity index (χ3v) is 7.01. The average Bonchev–Trinajstić information content (AvgIpc) is 2.65. The molecule has 0 radical (unpaired) electrons.